The number of carboxylic acid groups (broad SMARTS) is 1. The number of benzene rings is 1. The largest absolute Gasteiger partial charge is 0.504 e. The van der Waals surface area contributed by atoms with Gasteiger partial charge in [0.2, 0.25) is 5.60 Å². The number of anilines is 1. The summed E-state index contributed by atoms with van der Waals surface area (Å²) in [7, 11) is 0. The zero-order valence-corrected chi connectivity index (χ0v) is 30.2. The molecule has 2 saturated heterocycles. The van der Waals surface area contributed by atoms with Crippen molar-refractivity contribution in [1.82, 2.24) is 20.1 Å². The van der Waals surface area contributed by atoms with E-state index < -0.39 is 52.2 Å². The lowest BCUT2D eigenvalue weighted by atomic mass is 9.98. The molecular formula is C33H40N7O9S2+. The normalized spacial score (nSPS) is 23.2. The molecule has 3 atom stereocenters. The molecule has 0 spiro atoms. The highest BCUT2D eigenvalue weighted by molar-refractivity contribution is 8.00. The van der Waals surface area contributed by atoms with Crippen LogP contribution in [0.2, 0.25) is 0 Å². The molecule has 5 heterocycles. The Morgan fingerprint density at radius 2 is 1.86 bits per heavy atom. The molecule has 2 fully saturated rings. The van der Waals surface area contributed by atoms with Gasteiger partial charge in [-0.15, -0.1) is 23.1 Å². The number of quaternary nitrogens is 1. The summed E-state index contributed by atoms with van der Waals surface area (Å²) in [6, 6.07) is 1.65. The number of aromatic hydroxyl groups is 2. The molecule has 4 aliphatic rings. The Kier molecular flexibility index (Phi) is 9.53. The van der Waals surface area contributed by atoms with Crippen molar-refractivity contribution in [1.29, 1.82) is 0 Å². The van der Waals surface area contributed by atoms with Crippen molar-refractivity contribution in [3.05, 3.63) is 45.6 Å². The van der Waals surface area contributed by atoms with E-state index in [1.165, 1.54) is 43.1 Å². The Morgan fingerprint density at radius 1 is 1.16 bits per heavy atom. The number of hydrogen-bond donors (Lipinski definition) is 5. The summed E-state index contributed by atoms with van der Waals surface area (Å²) in [5.74, 6) is -4.59. The topological polar surface area (TPSA) is 225 Å². The molecule has 272 valence electrons. The van der Waals surface area contributed by atoms with Crippen molar-refractivity contribution in [2.75, 3.05) is 38.5 Å². The van der Waals surface area contributed by atoms with Crippen molar-refractivity contribution in [2.24, 2.45) is 5.16 Å². The lowest BCUT2D eigenvalue weighted by molar-refractivity contribution is -0.927. The first kappa shape index (κ1) is 36.1. The maximum Gasteiger partial charge on any atom is 0.350 e. The number of nitrogens with two attached hydrogens (primary N) is 1. The second kappa shape index (κ2) is 13.5. The van der Waals surface area contributed by atoms with Crippen molar-refractivity contribution >= 4 is 63.5 Å². The fourth-order valence-electron chi connectivity index (χ4n) is 6.95. The molecule has 0 saturated carbocycles. The number of allylic oxidation sites excluding steroid dienone is 1. The van der Waals surface area contributed by atoms with E-state index >= 15 is 0 Å². The van der Waals surface area contributed by atoms with E-state index in [1.54, 1.807) is 4.90 Å². The molecule has 6 rings (SSSR count). The predicted molar refractivity (Wildman–Crippen MR) is 187 cm³/mol. The average Bonchev–Trinajstić information content (AvgIpc) is 3.62. The van der Waals surface area contributed by atoms with E-state index in [-0.39, 0.29) is 45.4 Å². The van der Waals surface area contributed by atoms with Gasteiger partial charge >= 0.3 is 5.97 Å². The van der Waals surface area contributed by atoms with E-state index in [0.29, 0.717) is 17.6 Å². The first-order valence-corrected chi connectivity index (χ1v) is 18.3. The second-order valence-electron chi connectivity index (χ2n) is 13.7. The quantitative estimate of drug-likeness (QED) is 0.0557. The third-order valence-corrected chi connectivity index (χ3v) is 12.1. The number of oxime groups is 1. The van der Waals surface area contributed by atoms with Crippen LogP contribution in [0.3, 0.4) is 0 Å². The van der Waals surface area contributed by atoms with Gasteiger partial charge in [0.25, 0.3) is 23.6 Å². The summed E-state index contributed by atoms with van der Waals surface area (Å²) in [5, 5.41) is 37.4. The molecule has 6 N–H and O–H groups in total. The maximum atomic E-state index is 13.6. The van der Waals surface area contributed by atoms with Crippen molar-refractivity contribution in [3.63, 3.8) is 0 Å². The van der Waals surface area contributed by atoms with Gasteiger partial charge in [0.05, 0.1) is 37.3 Å². The Bertz CT molecular complexity index is 1880. The number of phenolic OH excluding ortho intramolecular Hbond substituents is 2. The highest BCUT2D eigenvalue weighted by atomic mass is 32.2. The smallest absolute Gasteiger partial charge is 0.350 e. The number of amides is 4. The van der Waals surface area contributed by atoms with Crippen molar-refractivity contribution < 1.29 is 48.6 Å². The van der Waals surface area contributed by atoms with Crippen LogP contribution < -0.4 is 11.1 Å². The van der Waals surface area contributed by atoms with Crippen LogP contribution in [-0.2, 0) is 19.2 Å². The number of aliphatic carboxylic acids is 1. The number of hydrogen-bond acceptors (Lipinski definition) is 13. The van der Waals surface area contributed by atoms with Gasteiger partial charge in [-0.3, -0.25) is 29.0 Å². The number of imide groups is 1. The molecule has 0 aliphatic carbocycles. The number of fused-ring (bicyclic) bond motifs is 2. The number of rotatable bonds is 11. The van der Waals surface area contributed by atoms with Crippen LogP contribution >= 0.6 is 23.1 Å². The molecule has 18 heteroatoms. The minimum atomic E-state index is -1.74. The molecule has 1 aromatic heterocycles. The Morgan fingerprint density at radius 3 is 2.51 bits per heavy atom. The molecular weight excluding hydrogens is 703 g/mol. The molecule has 2 aromatic rings. The number of nitrogens with one attached hydrogen (secondary N) is 1. The number of aromatic nitrogens is 1. The summed E-state index contributed by atoms with van der Waals surface area (Å²) in [6.07, 6.45) is 2.99. The van der Waals surface area contributed by atoms with Gasteiger partial charge in [-0.05, 0) is 59.1 Å². The summed E-state index contributed by atoms with van der Waals surface area (Å²) >= 11 is 2.59. The minimum absolute atomic E-state index is 0.0407. The number of carbonyl (C=O) groups is 5. The van der Waals surface area contributed by atoms with Gasteiger partial charge in [-0.1, -0.05) is 5.16 Å². The molecule has 4 amide bonds. The number of phenols is 2. The van der Waals surface area contributed by atoms with E-state index in [9.17, 15) is 39.3 Å². The number of β-lactam (4-membered cyclic amide) rings is 1. The molecule has 1 aromatic carbocycles. The first-order chi connectivity index (χ1) is 24.0. The maximum absolute atomic E-state index is 13.6. The summed E-state index contributed by atoms with van der Waals surface area (Å²) in [5.41, 5.74) is 5.52. The number of carbonyl (C=O) groups excluding carboxylic acids is 4. The van der Waals surface area contributed by atoms with Gasteiger partial charge in [-0.25, -0.2) is 9.78 Å². The molecule has 4 aliphatic heterocycles. The van der Waals surface area contributed by atoms with Crippen molar-refractivity contribution in [3.8, 4) is 11.5 Å². The van der Waals surface area contributed by atoms with Crippen LogP contribution in [0, 0.1) is 0 Å². The van der Waals surface area contributed by atoms with Gasteiger partial charge in [0, 0.05) is 21.9 Å². The van der Waals surface area contributed by atoms with Gasteiger partial charge in [0.15, 0.2) is 22.3 Å². The zero-order chi connectivity index (χ0) is 37.0. The third-order valence-electron chi connectivity index (χ3n) is 10.0. The Hall–Kier alpha value is -4.68. The van der Waals surface area contributed by atoms with Crippen LogP contribution in [0.15, 0.2) is 33.9 Å². The highest BCUT2D eigenvalue weighted by Gasteiger charge is 2.54. The van der Waals surface area contributed by atoms with Crippen LogP contribution in [0.1, 0.15) is 73.4 Å². The first-order valence-electron chi connectivity index (χ1n) is 16.5. The molecule has 0 radical (unpaired) electrons. The lowest BCUT2D eigenvalue weighted by Crippen LogP contribution is -2.71. The zero-order valence-electron chi connectivity index (χ0n) is 28.5. The van der Waals surface area contributed by atoms with E-state index in [1.807, 2.05) is 6.92 Å². The number of carboxylic acids is 1. The van der Waals surface area contributed by atoms with Crippen LogP contribution in [-0.4, -0.2) is 125 Å². The number of piperidine rings is 1. The number of thiazole rings is 1. The fraction of sp³-hybridized carbons (Fsp3) is 0.485. The molecule has 0 bridgehead atoms. The van der Waals surface area contributed by atoms with E-state index in [2.05, 4.69) is 22.4 Å². The molecule has 0 unspecified atom stereocenters. The van der Waals surface area contributed by atoms with Gasteiger partial charge in [0.1, 0.15) is 23.7 Å². The summed E-state index contributed by atoms with van der Waals surface area (Å²) in [6.45, 7) is 9.35. The summed E-state index contributed by atoms with van der Waals surface area (Å²) in [4.78, 5) is 77.2. The fourth-order valence-corrected chi connectivity index (χ4v) is 9.05. The minimum Gasteiger partial charge on any atom is -0.504 e. The monoisotopic (exact) mass is 742 g/mol. The van der Waals surface area contributed by atoms with Crippen LogP contribution in [0.25, 0.3) is 0 Å². The SMILES string of the molecule is CC1=C(C[N+]2(CCN3C(=O)c4ccc(O)c(O)c4C3=O)CCCCC2)[C@H](C)S[C@@H]2[C@H](NC(=O)/C(=N\OC(C)(C)C(=O)O)c3csc(N)n3)C(=O)N12. The number of thioether (sulfide) groups is 1. The standard InChI is InChI=1S/C33H39N7O9S2/c1-16-19(14-40(11-6-5-7-12-40)13-10-38-27(44)18-8-9-21(41)25(42)22(18)28(38)45)17(2)51-30-24(29(46)39(16)30)36-26(43)23(20-15-50-32(34)35-20)37-49-33(3,4)31(47)48/h8-9,15,17,24,30H,5-7,10-14H2,1-4H3,(H5-,34,35,36,37,41,42,43,44,45,47,48)/p+1/t17-,24+,30+/m0/s1. The number of likely N-dealkylation sites (tertiary alicyclic amines) is 1. The Balaban J connectivity index is 1.18. The molecule has 16 nitrogen and oxygen atoms in total. The predicted octanol–water partition coefficient (Wildman–Crippen LogP) is 2.08. The molecule has 51 heavy (non-hydrogen) atoms. The summed E-state index contributed by atoms with van der Waals surface area (Å²) < 4.78 is 0.609. The second-order valence-corrected chi connectivity index (χ2v) is 16.1. The van der Waals surface area contributed by atoms with Crippen LogP contribution in [0.4, 0.5) is 5.13 Å². The van der Waals surface area contributed by atoms with Crippen LogP contribution in [0.5, 0.6) is 11.5 Å². The lowest BCUT2D eigenvalue weighted by Gasteiger charge is -2.53. The van der Waals surface area contributed by atoms with E-state index in [0.717, 1.165) is 59.9 Å². The van der Waals surface area contributed by atoms with E-state index in [4.69, 9.17) is 10.6 Å². The highest BCUT2D eigenvalue weighted by Crippen LogP contribution is 2.45. The number of nitrogens with zero attached hydrogens (tertiary/aromatic N) is 5. The van der Waals surface area contributed by atoms with Gasteiger partial charge < -0.3 is 35.7 Å². The van der Waals surface area contributed by atoms with Gasteiger partial charge in [-0.2, -0.15) is 0 Å². The Labute approximate surface area is 301 Å². The average molecular weight is 743 g/mol. The number of nitrogen functional groups attached to an aromatic ring is 1. The third kappa shape index (κ3) is 6.51. The van der Waals surface area contributed by atoms with Crippen molar-refractivity contribution in [2.45, 2.75) is 69.2 Å².